The molecule has 0 aromatic rings. The van der Waals surface area contributed by atoms with Gasteiger partial charge in [-0.05, 0) is 12.3 Å². The average molecular weight is 214 g/mol. The van der Waals surface area contributed by atoms with Crippen LogP contribution in [-0.2, 0) is 9.59 Å². The highest BCUT2D eigenvalue weighted by atomic mass is 16.3. The van der Waals surface area contributed by atoms with Gasteiger partial charge in [0.15, 0.2) is 0 Å². The Morgan fingerprint density at radius 3 is 2.87 bits per heavy atom. The maximum absolute atomic E-state index is 11.6. The third kappa shape index (κ3) is 3.00. The summed E-state index contributed by atoms with van der Waals surface area (Å²) in [5.41, 5.74) is 0. The summed E-state index contributed by atoms with van der Waals surface area (Å²) in [4.78, 5) is 24.0. The molecule has 1 rings (SSSR count). The van der Waals surface area contributed by atoms with Gasteiger partial charge in [-0.15, -0.1) is 0 Å². The Hall–Kier alpha value is -0.940. The molecule has 0 aliphatic carbocycles. The second kappa shape index (κ2) is 5.23. The van der Waals surface area contributed by atoms with Crippen LogP contribution in [0.15, 0.2) is 0 Å². The van der Waals surface area contributed by atoms with E-state index in [1.54, 1.807) is 0 Å². The predicted octanol–water partition coefficient (Wildman–Crippen LogP) is -0.648. The van der Waals surface area contributed by atoms with E-state index in [1.807, 2.05) is 6.92 Å². The summed E-state index contributed by atoms with van der Waals surface area (Å²) in [7, 11) is 1.51. The lowest BCUT2D eigenvalue weighted by Crippen LogP contribution is -2.52. The average Bonchev–Trinajstić information content (AvgIpc) is 2.24. The van der Waals surface area contributed by atoms with Gasteiger partial charge in [0.05, 0.1) is 6.04 Å². The summed E-state index contributed by atoms with van der Waals surface area (Å²) >= 11 is 0. The molecule has 0 aromatic heterocycles. The normalized spacial score (nSPS) is 24.5. The van der Waals surface area contributed by atoms with Gasteiger partial charge in [-0.25, -0.2) is 0 Å². The van der Waals surface area contributed by atoms with Crippen LogP contribution in [0, 0.1) is 5.92 Å². The summed E-state index contributed by atoms with van der Waals surface area (Å²) in [5.74, 6) is -0.162. The fraction of sp³-hybridized carbons (Fsp3) is 0.800. The summed E-state index contributed by atoms with van der Waals surface area (Å²) in [6, 6.07) is -0.276. The van der Waals surface area contributed by atoms with E-state index < -0.39 is 0 Å². The van der Waals surface area contributed by atoms with E-state index in [0.717, 1.165) is 0 Å². The van der Waals surface area contributed by atoms with Gasteiger partial charge in [0.1, 0.15) is 0 Å². The van der Waals surface area contributed by atoms with Crippen LogP contribution in [0.1, 0.15) is 19.8 Å². The van der Waals surface area contributed by atoms with E-state index >= 15 is 0 Å². The number of nitrogens with zero attached hydrogens (tertiary/aromatic N) is 1. The van der Waals surface area contributed by atoms with Crippen LogP contribution >= 0.6 is 0 Å². The lowest BCUT2D eigenvalue weighted by atomic mass is 10.0. The monoisotopic (exact) mass is 214 g/mol. The molecule has 86 valence electrons. The standard InChI is InChI=1S/C10H18N2O3/c1-7(6-13)5-11-8-3-4-9(14)12(2)10(8)15/h7-8,11,13H,3-6H2,1-2H3. The molecule has 0 radical (unpaired) electrons. The molecule has 1 aliphatic heterocycles. The first kappa shape index (κ1) is 12.1. The van der Waals surface area contributed by atoms with E-state index in [4.69, 9.17) is 5.11 Å². The van der Waals surface area contributed by atoms with Crippen molar-refractivity contribution in [2.75, 3.05) is 20.2 Å². The number of carbonyl (C=O) groups is 2. The van der Waals surface area contributed by atoms with Crippen LogP contribution in [0.5, 0.6) is 0 Å². The molecular formula is C10H18N2O3. The summed E-state index contributed by atoms with van der Waals surface area (Å²) in [6.07, 6.45) is 0.966. The van der Waals surface area contributed by atoms with Gasteiger partial charge in [-0.3, -0.25) is 14.5 Å². The molecule has 0 spiro atoms. The van der Waals surface area contributed by atoms with Gasteiger partial charge in [0, 0.05) is 26.6 Å². The number of aliphatic hydroxyl groups is 1. The molecule has 2 atom stereocenters. The Bertz CT molecular complexity index is 255. The molecule has 2 unspecified atom stereocenters. The van der Waals surface area contributed by atoms with Crippen LogP contribution < -0.4 is 5.32 Å². The number of nitrogens with one attached hydrogen (secondary N) is 1. The predicted molar refractivity (Wildman–Crippen MR) is 55.1 cm³/mol. The van der Waals surface area contributed by atoms with Crippen molar-refractivity contribution in [3.8, 4) is 0 Å². The van der Waals surface area contributed by atoms with E-state index in [-0.39, 0.29) is 30.4 Å². The fourth-order valence-corrected chi connectivity index (χ4v) is 1.51. The highest BCUT2D eigenvalue weighted by Gasteiger charge is 2.31. The third-order valence-electron chi connectivity index (χ3n) is 2.67. The number of rotatable bonds is 4. The van der Waals surface area contributed by atoms with Crippen molar-refractivity contribution in [3.63, 3.8) is 0 Å². The van der Waals surface area contributed by atoms with Crippen molar-refractivity contribution in [1.29, 1.82) is 0 Å². The topological polar surface area (TPSA) is 69.6 Å². The van der Waals surface area contributed by atoms with Gasteiger partial charge in [0.25, 0.3) is 0 Å². The smallest absolute Gasteiger partial charge is 0.246 e. The van der Waals surface area contributed by atoms with Crippen molar-refractivity contribution >= 4 is 11.8 Å². The highest BCUT2D eigenvalue weighted by molar-refractivity contribution is 6.00. The van der Waals surface area contributed by atoms with Crippen LogP contribution in [-0.4, -0.2) is 48.1 Å². The Labute approximate surface area is 89.4 Å². The molecule has 2 N–H and O–H groups in total. The van der Waals surface area contributed by atoms with Gasteiger partial charge in [0.2, 0.25) is 11.8 Å². The Kier molecular flexibility index (Phi) is 4.23. The molecule has 0 saturated carbocycles. The molecule has 1 saturated heterocycles. The zero-order chi connectivity index (χ0) is 11.4. The first-order chi connectivity index (χ1) is 7.06. The minimum atomic E-state index is -0.276. The summed E-state index contributed by atoms with van der Waals surface area (Å²) < 4.78 is 0. The summed E-state index contributed by atoms with van der Waals surface area (Å²) in [5, 5.41) is 11.9. The van der Waals surface area contributed by atoms with Crippen LogP contribution in [0.25, 0.3) is 0 Å². The number of hydrogen-bond donors (Lipinski definition) is 2. The van der Waals surface area contributed by atoms with Gasteiger partial charge in [-0.1, -0.05) is 6.92 Å². The molecule has 1 aliphatic rings. The number of carbonyl (C=O) groups excluding carboxylic acids is 2. The largest absolute Gasteiger partial charge is 0.396 e. The first-order valence-corrected chi connectivity index (χ1v) is 5.21. The molecule has 1 heterocycles. The Morgan fingerprint density at radius 1 is 1.60 bits per heavy atom. The molecule has 5 heteroatoms. The summed E-state index contributed by atoms with van der Waals surface area (Å²) in [6.45, 7) is 2.59. The number of likely N-dealkylation sites (tertiary alicyclic amines) is 1. The van der Waals surface area contributed by atoms with Crippen LogP contribution in [0.4, 0.5) is 0 Å². The first-order valence-electron chi connectivity index (χ1n) is 5.21. The number of piperidine rings is 1. The number of amides is 2. The van der Waals surface area contributed by atoms with Crippen molar-refractivity contribution in [1.82, 2.24) is 10.2 Å². The molecule has 5 nitrogen and oxygen atoms in total. The molecule has 2 amide bonds. The molecule has 0 bridgehead atoms. The van der Waals surface area contributed by atoms with E-state index in [1.165, 1.54) is 11.9 Å². The van der Waals surface area contributed by atoms with Gasteiger partial charge >= 0.3 is 0 Å². The molecule has 1 fully saturated rings. The SMILES string of the molecule is CC(CO)CNC1CCC(=O)N(C)C1=O. The van der Waals surface area contributed by atoms with Crippen LogP contribution in [0.3, 0.4) is 0 Å². The third-order valence-corrected chi connectivity index (χ3v) is 2.67. The molecule has 0 aromatic carbocycles. The minimum absolute atomic E-state index is 0.0999. The van der Waals surface area contributed by atoms with Crippen LogP contribution in [0.2, 0.25) is 0 Å². The van der Waals surface area contributed by atoms with Crippen molar-refractivity contribution in [2.24, 2.45) is 5.92 Å². The van der Waals surface area contributed by atoms with E-state index in [9.17, 15) is 9.59 Å². The van der Waals surface area contributed by atoms with Crippen molar-refractivity contribution < 1.29 is 14.7 Å². The second-order valence-electron chi connectivity index (χ2n) is 4.08. The number of imide groups is 1. The Morgan fingerprint density at radius 2 is 2.27 bits per heavy atom. The minimum Gasteiger partial charge on any atom is -0.396 e. The second-order valence-corrected chi connectivity index (χ2v) is 4.08. The zero-order valence-corrected chi connectivity index (χ0v) is 9.19. The fourth-order valence-electron chi connectivity index (χ4n) is 1.51. The lowest BCUT2D eigenvalue weighted by molar-refractivity contribution is -0.148. The van der Waals surface area contributed by atoms with E-state index in [0.29, 0.717) is 19.4 Å². The van der Waals surface area contributed by atoms with Gasteiger partial charge in [-0.2, -0.15) is 0 Å². The maximum atomic E-state index is 11.6. The number of hydrogen-bond acceptors (Lipinski definition) is 4. The number of likely N-dealkylation sites (N-methyl/N-ethyl adjacent to an activating group) is 1. The zero-order valence-electron chi connectivity index (χ0n) is 9.19. The van der Waals surface area contributed by atoms with Crippen molar-refractivity contribution in [2.45, 2.75) is 25.8 Å². The van der Waals surface area contributed by atoms with E-state index in [2.05, 4.69) is 5.32 Å². The molecule has 15 heavy (non-hydrogen) atoms. The Balaban J connectivity index is 2.43. The molecular weight excluding hydrogens is 196 g/mol. The number of aliphatic hydroxyl groups excluding tert-OH is 1. The quantitative estimate of drug-likeness (QED) is 0.610. The van der Waals surface area contributed by atoms with Crippen molar-refractivity contribution in [3.05, 3.63) is 0 Å². The van der Waals surface area contributed by atoms with Gasteiger partial charge < -0.3 is 10.4 Å². The maximum Gasteiger partial charge on any atom is 0.246 e. The lowest BCUT2D eigenvalue weighted by Gasteiger charge is -2.28. The highest BCUT2D eigenvalue weighted by Crippen LogP contribution is 2.11.